The third-order valence-electron chi connectivity index (χ3n) is 1.96. The molecule has 0 saturated heterocycles. The van der Waals surface area contributed by atoms with Crippen molar-refractivity contribution in [3.05, 3.63) is 24.5 Å². The molecular weight excluding hydrogens is 178 g/mol. The van der Waals surface area contributed by atoms with E-state index in [-0.39, 0.29) is 0 Å². The normalized spacial score (nSPS) is 10.1. The minimum absolute atomic E-state index is 0.615. The average molecular weight is 189 g/mol. The summed E-state index contributed by atoms with van der Waals surface area (Å²) < 4.78 is 1.78. The Balaban J connectivity index is 2.47. The lowest BCUT2D eigenvalue weighted by atomic mass is 10.3. The summed E-state index contributed by atoms with van der Waals surface area (Å²) in [6, 6.07) is 3.78. The number of nitrogens with zero attached hydrogens (tertiary/aromatic N) is 4. The summed E-state index contributed by atoms with van der Waals surface area (Å²) in [5, 5.41) is 6.98. The molecule has 0 aliphatic carbocycles. The topological polar surface area (TPSA) is 55.6 Å². The van der Waals surface area contributed by atoms with E-state index in [1.54, 1.807) is 24.1 Å². The number of hydrogen-bond acceptors (Lipinski definition) is 4. The first-order chi connectivity index (χ1) is 6.81. The summed E-state index contributed by atoms with van der Waals surface area (Å²) in [5.74, 6) is 0.615. The van der Waals surface area contributed by atoms with Gasteiger partial charge in [-0.2, -0.15) is 5.10 Å². The Morgan fingerprint density at radius 3 is 2.79 bits per heavy atom. The third-order valence-corrected chi connectivity index (χ3v) is 1.96. The maximum atomic E-state index is 4.31. The molecule has 0 saturated carbocycles. The van der Waals surface area contributed by atoms with Crippen LogP contribution in [0.15, 0.2) is 24.5 Å². The van der Waals surface area contributed by atoms with Gasteiger partial charge in [0.15, 0.2) is 0 Å². The third kappa shape index (κ3) is 1.44. The van der Waals surface area contributed by atoms with Crippen LogP contribution in [0.2, 0.25) is 0 Å². The van der Waals surface area contributed by atoms with Gasteiger partial charge in [0.05, 0.1) is 11.4 Å². The number of anilines is 1. The first kappa shape index (κ1) is 8.68. The maximum Gasteiger partial charge on any atom is 0.222 e. The van der Waals surface area contributed by atoms with Crippen molar-refractivity contribution in [1.29, 1.82) is 0 Å². The van der Waals surface area contributed by atoms with Gasteiger partial charge in [-0.3, -0.25) is 4.68 Å². The summed E-state index contributed by atoms with van der Waals surface area (Å²) in [6.07, 6.45) is 3.47. The van der Waals surface area contributed by atoms with Crippen molar-refractivity contribution in [2.75, 3.05) is 12.4 Å². The fraction of sp³-hybridized carbons (Fsp3) is 0.222. The van der Waals surface area contributed by atoms with Crippen molar-refractivity contribution in [2.24, 2.45) is 7.05 Å². The highest BCUT2D eigenvalue weighted by molar-refractivity contribution is 5.55. The zero-order chi connectivity index (χ0) is 9.97. The Hall–Kier alpha value is -1.91. The van der Waals surface area contributed by atoms with Crippen molar-refractivity contribution in [2.45, 2.75) is 0 Å². The molecule has 0 atom stereocenters. The molecule has 0 bridgehead atoms. The van der Waals surface area contributed by atoms with E-state index in [4.69, 9.17) is 0 Å². The minimum Gasteiger partial charge on any atom is -0.357 e. The van der Waals surface area contributed by atoms with Crippen molar-refractivity contribution in [3.8, 4) is 11.4 Å². The molecule has 5 heteroatoms. The molecule has 2 aromatic heterocycles. The van der Waals surface area contributed by atoms with Crippen LogP contribution in [0.4, 0.5) is 5.95 Å². The number of aryl methyl sites for hydroxylation is 1. The number of hydrogen-bond donors (Lipinski definition) is 1. The standard InChI is InChI=1S/C9H11N5/c1-10-9-11-5-3-7(13-9)8-4-6-12-14(8)2/h3-6H,1-2H3,(H,10,11,13). The van der Waals surface area contributed by atoms with E-state index in [1.165, 1.54) is 0 Å². The molecule has 5 nitrogen and oxygen atoms in total. The molecule has 0 fully saturated rings. The van der Waals surface area contributed by atoms with Gasteiger partial charge in [-0.25, -0.2) is 9.97 Å². The van der Waals surface area contributed by atoms with Gasteiger partial charge in [-0.05, 0) is 12.1 Å². The zero-order valence-corrected chi connectivity index (χ0v) is 8.10. The van der Waals surface area contributed by atoms with Crippen LogP contribution in [0, 0.1) is 0 Å². The molecule has 14 heavy (non-hydrogen) atoms. The minimum atomic E-state index is 0.615. The molecule has 1 N–H and O–H groups in total. The van der Waals surface area contributed by atoms with Gasteiger partial charge >= 0.3 is 0 Å². The second-order valence-corrected chi connectivity index (χ2v) is 2.86. The molecule has 0 spiro atoms. The van der Waals surface area contributed by atoms with Crippen molar-refractivity contribution in [1.82, 2.24) is 19.7 Å². The van der Waals surface area contributed by atoms with Crippen LogP contribution in [-0.2, 0) is 7.05 Å². The number of aromatic nitrogens is 4. The molecule has 2 aromatic rings. The number of nitrogens with one attached hydrogen (secondary N) is 1. The maximum absolute atomic E-state index is 4.31. The predicted molar refractivity (Wildman–Crippen MR) is 53.8 cm³/mol. The van der Waals surface area contributed by atoms with Crippen LogP contribution in [0.25, 0.3) is 11.4 Å². The highest BCUT2D eigenvalue weighted by atomic mass is 15.3. The molecule has 0 aliphatic rings. The smallest absolute Gasteiger partial charge is 0.222 e. The van der Waals surface area contributed by atoms with Crippen molar-refractivity contribution >= 4 is 5.95 Å². The number of rotatable bonds is 2. The van der Waals surface area contributed by atoms with E-state index in [0.29, 0.717) is 5.95 Å². The summed E-state index contributed by atoms with van der Waals surface area (Å²) >= 11 is 0. The fourth-order valence-electron chi connectivity index (χ4n) is 1.25. The predicted octanol–water partition coefficient (Wildman–Crippen LogP) is 0.919. The quantitative estimate of drug-likeness (QED) is 0.763. The fourth-order valence-corrected chi connectivity index (χ4v) is 1.25. The monoisotopic (exact) mass is 189 g/mol. The van der Waals surface area contributed by atoms with Gasteiger partial charge in [0.2, 0.25) is 5.95 Å². The van der Waals surface area contributed by atoms with E-state index >= 15 is 0 Å². The first-order valence-corrected chi connectivity index (χ1v) is 4.30. The summed E-state index contributed by atoms with van der Waals surface area (Å²) in [5.41, 5.74) is 1.84. The summed E-state index contributed by atoms with van der Waals surface area (Å²) in [7, 11) is 3.68. The Morgan fingerprint density at radius 2 is 2.14 bits per heavy atom. The lowest BCUT2D eigenvalue weighted by Gasteiger charge is -2.02. The molecule has 0 amide bonds. The Labute approximate surface area is 81.8 Å². The Kier molecular flexibility index (Phi) is 2.14. The van der Waals surface area contributed by atoms with Crippen LogP contribution in [0.1, 0.15) is 0 Å². The lowest BCUT2D eigenvalue weighted by molar-refractivity contribution is 0.773. The largest absolute Gasteiger partial charge is 0.357 e. The zero-order valence-electron chi connectivity index (χ0n) is 8.10. The average Bonchev–Trinajstić information content (AvgIpc) is 2.65. The Bertz CT molecular complexity index is 434. The van der Waals surface area contributed by atoms with Gasteiger partial charge in [-0.1, -0.05) is 0 Å². The van der Waals surface area contributed by atoms with Crippen LogP contribution >= 0.6 is 0 Å². The van der Waals surface area contributed by atoms with Crippen LogP contribution in [0.3, 0.4) is 0 Å². The van der Waals surface area contributed by atoms with E-state index in [9.17, 15) is 0 Å². The first-order valence-electron chi connectivity index (χ1n) is 4.30. The van der Waals surface area contributed by atoms with Gasteiger partial charge in [0.25, 0.3) is 0 Å². The van der Waals surface area contributed by atoms with Crippen LogP contribution < -0.4 is 5.32 Å². The SMILES string of the molecule is CNc1nccc(-c2ccnn2C)n1. The molecule has 0 aliphatic heterocycles. The second-order valence-electron chi connectivity index (χ2n) is 2.86. The van der Waals surface area contributed by atoms with Gasteiger partial charge in [0, 0.05) is 26.5 Å². The van der Waals surface area contributed by atoms with Crippen molar-refractivity contribution < 1.29 is 0 Å². The van der Waals surface area contributed by atoms with Crippen LogP contribution in [0.5, 0.6) is 0 Å². The highest BCUT2D eigenvalue weighted by Gasteiger charge is 2.04. The molecule has 2 heterocycles. The van der Waals surface area contributed by atoms with Gasteiger partial charge in [-0.15, -0.1) is 0 Å². The van der Waals surface area contributed by atoms with E-state index in [0.717, 1.165) is 11.4 Å². The molecule has 72 valence electrons. The Morgan fingerprint density at radius 1 is 1.29 bits per heavy atom. The van der Waals surface area contributed by atoms with E-state index in [2.05, 4.69) is 20.4 Å². The highest BCUT2D eigenvalue weighted by Crippen LogP contribution is 2.15. The molecular formula is C9H11N5. The van der Waals surface area contributed by atoms with E-state index < -0.39 is 0 Å². The molecule has 2 rings (SSSR count). The molecule has 0 unspecified atom stereocenters. The van der Waals surface area contributed by atoms with Crippen molar-refractivity contribution in [3.63, 3.8) is 0 Å². The van der Waals surface area contributed by atoms with Crippen LogP contribution in [-0.4, -0.2) is 26.8 Å². The van der Waals surface area contributed by atoms with E-state index in [1.807, 2.05) is 19.2 Å². The van der Waals surface area contributed by atoms with Gasteiger partial charge in [0.1, 0.15) is 0 Å². The lowest BCUT2D eigenvalue weighted by Crippen LogP contribution is -1.99. The van der Waals surface area contributed by atoms with Gasteiger partial charge < -0.3 is 5.32 Å². The second kappa shape index (κ2) is 3.45. The molecule has 0 radical (unpaired) electrons. The summed E-state index contributed by atoms with van der Waals surface area (Å²) in [4.78, 5) is 8.36. The summed E-state index contributed by atoms with van der Waals surface area (Å²) in [6.45, 7) is 0. The molecule has 0 aromatic carbocycles.